The van der Waals surface area contributed by atoms with Crippen LogP contribution in [0.4, 0.5) is 0 Å². The summed E-state index contributed by atoms with van der Waals surface area (Å²) in [5.41, 5.74) is 8.69. The highest BCUT2D eigenvalue weighted by atomic mass is 14.8. The molecule has 0 amide bonds. The van der Waals surface area contributed by atoms with Gasteiger partial charge in [0.15, 0.2) is 0 Å². The van der Waals surface area contributed by atoms with E-state index in [4.69, 9.17) is 0 Å². The summed E-state index contributed by atoms with van der Waals surface area (Å²) in [7, 11) is 0. The second-order valence-corrected chi connectivity index (χ2v) is 5.53. The smallest absolute Gasteiger partial charge is 0.0646 e. The van der Waals surface area contributed by atoms with Gasteiger partial charge in [0.2, 0.25) is 0 Å². The molecule has 0 spiro atoms. The maximum absolute atomic E-state index is 3.48. The number of hydrogen-bond acceptors (Lipinski definition) is 0. The fraction of sp³-hybridized carbons (Fsp3) is 0. The van der Waals surface area contributed by atoms with Crippen LogP contribution in [-0.2, 0) is 0 Å². The second kappa shape index (κ2) is 4.18. The summed E-state index contributed by atoms with van der Waals surface area (Å²) in [5.74, 6) is 0. The summed E-state index contributed by atoms with van der Waals surface area (Å²) in [4.78, 5) is 13.9. The minimum atomic E-state index is 1.08. The van der Waals surface area contributed by atoms with E-state index < -0.39 is 0 Å². The number of aromatic amines is 4. The van der Waals surface area contributed by atoms with Crippen molar-refractivity contribution in [1.82, 2.24) is 19.9 Å². The van der Waals surface area contributed by atoms with Crippen molar-refractivity contribution >= 4 is 44.1 Å². The van der Waals surface area contributed by atoms with Crippen molar-refractivity contribution in [3.05, 3.63) is 60.7 Å². The van der Waals surface area contributed by atoms with Gasteiger partial charge >= 0.3 is 0 Å². The first-order valence-electron chi connectivity index (χ1n) is 7.31. The number of para-hydroxylation sites is 4. The maximum atomic E-state index is 3.48. The lowest BCUT2D eigenvalue weighted by Crippen LogP contribution is -1.91. The molecule has 3 aromatic carbocycles. The summed E-state index contributed by atoms with van der Waals surface area (Å²) < 4.78 is 0. The molecule has 4 nitrogen and oxygen atoms in total. The van der Waals surface area contributed by atoms with Crippen LogP contribution < -0.4 is 0 Å². The summed E-state index contributed by atoms with van der Waals surface area (Å²) in [6.07, 6.45) is 0. The van der Waals surface area contributed by atoms with E-state index in [0.29, 0.717) is 0 Å². The molecule has 5 rings (SSSR count). The quantitative estimate of drug-likeness (QED) is 0.297. The molecule has 5 aromatic rings. The van der Waals surface area contributed by atoms with E-state index in [1.165, 1.54) is 0 Å². The fourth-order valence-electron chi connectivity index (χ4n) is 3.00. The normalized spacial score (nSPS) is 11.6. The van der Waals surface area contributed by atoms with Crippen LogP contribution in [0, 0.1) is 0 Å². The first kappa shape index (κ1) is 11.5. The number of rotatable bonds is 0. The van der Waals surface area contributed by atoms with Gasteiger partial charge in [-0.25, -0.2) is 0 Å². The Morgan fingerprint density at radius 1 is 0.364 bits per heavy atom. The standard InChI is InChI=1S/C18H14N4/c1-2-6-12-11(5-1)19-15-9-17-18(10-16(15)20-12)22-14-8-4-3-7-13(14)21-17/h1-10,19-22H. The Morgan fingerprint density at radius 2 is 0.636 bits per heavy atom. The number of hydrogen-bond donors (Lipinski definition) is 4. The first-order valence-corrected chi connectivity index (χ1v) is 7.31. The van der Waals surface area contributed by atoms with Gasteiger partial charge < -0.3 is 19.9 Å². The van der Waals surface area contributed by atoms with E-state index in [1.807, 2.05) is 24.3 Å². The number of fused-ring (bicyclic) bond motifs is 4. The fourth-order valence-corrected chi connectivity index (χ4v) is 3.00. The van der Waals surface area contributed by atoms with Crippen LogP contribution in [0.2, 0.25) is 0 Å². The lowest BCUT2D eigenvalue weighted by molar-refractivity contribution is 1.36. The highest BCUT2D eigenvalue weighted by molar-refractivity contribution is 5.96. The van der Waals surface area contributed by atoms with Gasteiger partial charge in [0.05, 0.1) is 44.1 Å². The van der Waals surface area contributed by atoms with E-state index in [1.54, 1.807) is 0 Å². The minimum absolute atomic E-state index is 1.08. The van der Waals surface area contributed by atoms with Gasteiger partial charge in [-0.05, 0) is 36.4 Å². The van der Waals surface area contributed by atoms with Crippen LogP contribution in [0.3, 0.4) is 0 Å². The van der Waals surface area contributed by atoms with Crippen LogP contribution >= 0.6 is 0 Å². The Bertz CT molecular complexity index is 997. The maximum Gasteiger partial charge on any atom is 0.0646 e. The molecule has 0 radical (unpaired) electrons. The second-order valence-electron chi connectivity index (χ2n) is 5.53. The summed E-state index contributed by atoms with van der Waals surface area (Å²) in [5, 5.41) is 0. The molecule has 0 fully saturated rings. The first-order chi connectivity index (χ1) is 10.9. The van der Waals surface area contributed by atoms with Crippen molar-refractivity contribution in [3.8, 4) is 0 Å². The molecule has 0 unspecified atom stereocenters. The third kappa shape index (κ3) is 1.64. The molecular formula is C18H14N4. The molecule has 4 heteroatoms. The molecule has 106 valence electrons. The molecule has 0 aliphatic heterocycles. The number of benzene rings is 3. The summed E-state index contributed by atoms with van der Waals surface area (Å²) in [6, 6.07) is 20.7. The minimum Gasteiger partial charge on any atom is -0.352 e. The van der Waals surface area contributed by atoms with E-state index in [-0.39, 0.29) is 0 Å². The van der Waals surface area contributed by atoms with Crippen LogP contribution in [0.15, 0.2) is 60.7 Å². The van der Waals surface area contributed by atoms with Gasteiger partial charge in [-0.1, -0.05) is 24.3 Å². The van der Waals surface area contributed by atoms with Crippen molar-refractivity contribution in [2.45, 2.75) is 0 Å². The highest BCUT2D eigenvalue weighted by Gasteiger charge is 2.03. The van der Waals surface area contributed by atoms with E-state index in [9.17, 15) is 0 Å². The van der Waals surface area contributed by atoms with Gasteiger partial charge in [0.1, 0.15) is 0 Å². The Labute approximate surface area is 125 Å². The van der Waals surface area contributed by atoms with Crippen LogP contribution in [0.1, 0.15) is 0 Å². The van der Waals surface area contributed by atoms with Crippen LogP contribution in [-0.4, -0.2) is 19.9 Å². The number of aromatic nitrogens is 4. The van der Waals surface area contributed by atoms with E-state index in [0.717, 1.165) is 44.1 Å². The Hall–Kier alpha value is -3.14. The van der Waals surface area contributed by atoms with Crippen molar-refractivity contribution in [3.63, 3.8) is 0 Å². The third-order valence-corrected chi connectivity index (χ3v) is 4.09. The molecule has 0 aliphatic carbocycles. The van der Waals surface area contributed by atoms with Crippen LogP contribution in [0.25, 0.3) is 44.1 Å². The molecule has 0 atom stereocenters. The van der Waals surface area contributed by atoms with Crippen molar-refractivity contribution < 1.29 is 0 Å². The van der Waals surface area contributed by atoms with Crippen molar-refractivity contribution in [2.24, 2.45) is 0 Å². The molecule has 0 aliphatic rings. The third-order valence-electron chi connectivity index (χ3n) is 4.09. The molecular weight excluding hydrogens is 272 g/mol. The molecule has 22 heavy (non-hydrogen) atoms. The van der Waals surface area contributed by atoms with Gasteiger partial charge in [0, 0.05) is 0 Å². The Morgan fingerprint density at radius 3 is 0.909 bits per heavy atom. The Balaban J connectivity index is 1.93. The van der Waals surface area contributed by atoms with E-state index >= 15 is 0 Å². The van der Waals surface area contributed by atoms with Crippen molar-refractivity contribution in [1.29, 1.82) is 0 Å². The summed E-state index contributed by atoms with van der Waals surface area (Å²) in [6.45, 7) is 0. The van der Waals surface area contributed by atoms with Gasteiger partial charge in [0.25, 0.3) is 0 Å². The van der Waals surface area contributed by atoms with Gasteiger partial charge in [-0.3, -0.25) is 0 Å². The average Bonchev–Trinajstić information content (AvgIpc) is 2.56. The van der Waals surface area contributed by atoms with E-state index in [2.05, 4.69) is 56.3 Å². The zero-order chi connectivity index (χ0) is 14.5. The van der Waals surface area contributed by atoms with Crippen LogP contribution in [0.5, 0.6) is 0 Å². The topological polar surface area (TPSA) is 63.2 Å². The molecule has 4 N–H and O–H groups in total. The predicted octanol–water partition coefficient (Wildman–Crippen LogP) is 4.74. The molecule has 0 saturated carbocycles. The monoisotopic (exact) mass is 286 g/mol. The SMILES string of the molecule is c1ccc2[nH]c3cc4[nH]c5ccccc5[nH]c4cc3[nH]c2c1. The largest absolute Gasteiger partial charge is 0.352 e. The number of nitrogens with one attached hydrogen (secondary N) is 4. The molecule has 2 heterocycles. The zero-order valence-corrected chi connectivity index (χ0v) is 11.8. The predicted molar refractivity (Wildman–Crippen MR) is 91.5 cm³/mol. The summed E-state index contributed by atoms with van der Waals surface area (Å²) >= 11 is 0. The zero-order valence-electron chi connectivity index (χ0n) is 11.8. The molecule has 0 bridgehead atoms. The lowest BCUT2D eigenvalue weighted by atomic mass is 10.2. The average molecular weight is 286 g/mol. The Kier molecular flexibility index (Phi) is 2.19. The molecule has 2 aromatic heterocycles. The molecule has 0 saturated heterocycles. The highest BCUT2D eigenvalue weighted by Crippen LogP contribution is 2.22. The number of H-pyrrole nitrogens is 4. The lowest BCUT2D eigenvalue weighted by Gasteiger charge is -2.08. The van der Waals surface area contributed by atoms with Crippen molar-refractivity contribution in [2.75, 3.05) is 0 Å². The van der Waals surface area contributed by atoms with Gasteiger partial charge in [-0.2, -0.15) is 0 Å². The van der Waals surface area contributed by atoms with Gasteiger partial charge in [-0.15, -0.1) is 0 Å².